The molecule has 3 aromatic rings. The first-order chi connectivity index (χ1) is 16.8. The van der Waals surface area contributed by atoms with Crippen LogP contribution in [0.2, 0.25) is 0 Å². The quantitative estimate of drug-likeness (QED) is 0.430. The number of hydrogen-bond acceptors (Lipinski definition) is 5. The fourth-order valence-electron chi connectivity index (χ4n) is 5.56. The molecule has 1 spiro atoms. The number of amides is 2. The van der Waals surface area contributed by atoms with Crippen molar-refractivity contribution in [3.05, 3.63) is 106 Å². The van der Waals surface area contributed by atoms with E-state index in [1.54, 1.807) is 36.4 Å². The number of Topliss-reactive ketones (excluding diaryl/α,β-unsaturated/α-hetero) is 2. The van der Waals surface area contributed by atoms with E-state index in [-0.39, 0.29) is 17.7 Å². The molecule has 0 aromatic heterocycles. The largest absolute Gasteiger partial charge is 0.349 e. The molecular weight excluding hydrogens is 449 g/mol. The van der Waals surface area contributed by atoms with Crippen LogP contribution in [-0.4, -0.2) is 33.9 Å². The Morgan fingerprint density at radius 2 is 1.43 bits per heavy atom. The third-order valence-corrected chi connectivity index (χ3v) is 7.27. The van der Waals surface area contributed by atoms with Crippen LogP contribution in [0.4, 0.5) is 4.39 Å². The molecule has 2 aliphatic heterocycles. The predicted octanol–water partition coefficient (Wildman–Crippen LogP) is 3.82. The van der Waals surface area contributed by atoms with Gasteiger partial charge in [-0.2, -0.15) is 0 Å². The van der Waals surface area contributed by atoms with Gasteiger partial charge in [-0.3, -0.25) is 24.1 Å². The van der Waals surface area contributed by atoms with Crippen molar-refractivity contribution in [1.82, 2.24) is 4.90 Å². The Balaban J connectivity index is 1.48. The second-order valence-electron chi connectivity index (χ2n) is 9.28. The van der Waals surface area contributed by atoms with E-state index in [0.717, 1.165) is 10.5 Å². The number of rotatable bonds is 3. The zero-order chi connectivity index (χ0) is 24.5. The second kappa shape index (κ2) is 7.52. The van der Waals surface area contributed by atoms with Crippen molar-refractivity contribution in [1.29, 1.82) is 0 Å². The molecule has 2 heterocycles. The highest BCUT2D eigenvalue weighted by Crippen LogP contribution is 2.57. The van der Waals surface area contributed by atoms with Gasteiger partial charge in [0.15, 0.2) is 0 Å². The maximum absolute atomic E-state index is 13.7. The number of fused-ring (bicyclic) bond motifs is 3. The fourth-order valence-corrected chi connectivity index (χ4v) is 5.56. The number of ketones is 2. The Kier molecular flexibility index (Phi) is 4.63. The van der Waals surface area contributed by atoms with E-state index >= 15 is 0 Å². The van der Waals surface area contributed by atoms with E-state index in [0.29, 0.717) is 11.1 Å². The zero-order valence-electron chi connectivity index (χ0n) is 18.7. The van der Waals surface area contributed by atoms with Crippen LogP contribution in [0.3, 0.4) is 0 Å². The van der Waals surface area contributed by atoms with Crippen molar-refractivity contribution in [2.24, 2.45) is 11.8 Å². The minimum Gasteiger partial charge on any atom is -0.349 e. The molecule has 0 unspecified atom stereocenters. The SMILES string of the molecule is Cc1ccc([C@@H]2OC3(C(=O)c4ccccc4C3=O)[C@H]3C(=O)N(Cc4ccc(F)cc4)C(=O)[C@H]23)cc1. The summed E-state index contributed by atoms with van der Waals surface area (Å²) in [6.07, 6.45) is -0.947. The molecule has 2 saturated heterocycles. The normalized spacial score (nSPS) is 24.4. The van der Waals surface area contributed by atoms with Gasteiger partial charge in [-0.25, -0.2) is 4.39 Å². The van der Waals surface area contributed by atoms with Crippen molar-refractivity contribution in [2.75, 3.05) is 0 Å². The summed E-state index contributed by atoms with van der Waals surface area (Å²) < 4.78 is 19.6. The summed E-state index contributed by atoms with van der Waals surface area (Å²) in [5, 5.41) is 0. The summed E-state index contributed by atoms with van der Waals surface area (Å²) in [6, 6.07) is 19.1. The third kappa shape index (κ3) is 2.91. The van der Waals surface area contributed by atoms with E-state index in [1.165, 1.54) is 24.3 Å². The standard InChI is InChI=1S/C28H20FNO5/c1-15-6-10-17(11-7-15)23-21-22(27(34)30(26(21)33)14-16-8-12-18(29)13-9-16)28(35-23)24(31)19-4-2-3-5-20(19)25(28)32/h2-13,21-23H,14H2,1H3/t21-,22+,23-/m0/s1. The van der Waals surface area contributed by atoms with Gasteiger partial charge in [0.2, 0.25) is 29.0 Å². The Morgan fingerprint density at radius 1 is 0.829 bits per heavy atom. The minimum absolute atomic E-state index is 0.0863. The highest BCUT2D eigenvalue weighted by atomic mass is 19.1. The van der Waals surface area contributed by atoms with Gasteiger partial charge in [0.1, 0.15) is 5.82 Å². The molecule has 3 aliphatic rings. The number of nitrogens with zero attached hydrogens (tertiary/aromatic N) is 1. The van der Waals surface area contributed by atoms with Crippen LogP contribution in [0.25, 0.3) is 0 Å². The van der Waals surface area contributed by atoms with Crippen molar-refractivity contribution in [3.63, 3.8) is 0 Å². The number of carbonyl (C=O) groups excluding carboxylic acids is 4. The Labute approximate surface area is 200 Å². The first-order valence-electron chi connectivity index (χ1n) is 11.4. The highest BCUT2D eigenvalue weighted by molar-refractivity contribution is 6.35. The summed E-state index contributed by atoms with van der Waals surface area (Å²) >= 11 is 0. The lowest BCUT2D eigenvalue weighted by Gasteiger charge is -2.27. The summed E-state index contributed by atoms with van der Waals surface area (Å²) in [6.45, 7) is 1.83. The molecule has 1 aliphatic carbocycles. The Morgan fingerprint density at radius 3 is 2.03 bits per heavy atom. The smallest absolute Gasteiger partial charge is 0.237 e. The summed E-state index contributed by atoms with van der Waals surface area (Å²) in [7, 11) is 0. The maximum Gasteiger partial charge on any atom is 0.237 e. The lowest BCUT2D eigenvalue weighted by molar-refractivity contribution is -0.145. The van der Waals surface area contributed by atoms with E-state index in [1.807, 2.05) is 19.1 Å². The lowest BCUT2D eigenvalue weighted by Crippen LogP contribution is -2.50. The molecule has 2 amide bonds. The molecule has 6 nitrogen and oxygen atoms in total. The van der Waals surface area contributed by atoms with E-state index in [4.69, 9.17) is 4.74 Å². The van der Waals surface area contributed by atoms with Crippen molar-refractivity contribution in [2.45, 2.75) is 25.2 Å². The Bertz CT molecular complexity index is 1380. The van der Waals surface area contributed by atoms with Crippen LogP contribution >= 0.6 is 0 Å². The van der Waals surface area contributed by atoms with Crippen LogP contribution in [0, 0.1) is 24.6 Å². The average molecular weight is 469 g/mol. The van der Waals surface area contributed by atoms with Crippen LogP contribution in [-0.2, 0) is 20.9 Å². The van der Waals surface area contributed by atoms with Crippen LogP contribution in [0.5, 0.6) is 0 Å². The van der Waals surface area contributed by atoms with Crippen LogP contribution in [0.15, 0.2) is 72.8 Å². The molecule has 35 heavy (non-hydrogen) atoms. The monoisotopic (exact) mass is 469 g/mol. The van der Waals surface area contributed by atoms with Gasteiger partial charge in [-0.15, -0.1) is 0 Å². The maximum atomic E-state index is 13.7. The molecule has 0 radical (unpaired) electrons. The van der Waals surface area contributed by atoms with Crippen LogP contribution in [0.1, 0.15) is 43.5 Å². The predicted molar refractivity (Wildman–Crippen MR) is 122 cm³/mol. The summed E-state index contributed by atoms with van der Waals surface area (Å²) in [5.74, 6) is -5.07. The van der Waals surface area contributed by atoms with Crippen molar-refractivity contribution >= 4 is 23.4 Å². The molecule has 3 atom stereocenters. The molecule has 6 rings (SSSR count). The number of halogens is 1. The van der Waals surface area contributed by atoms with E-state index in [9.17, 15) is 23.6 Å². The molecule has 3 aromatic carbocycles. The fraction of sp³-hybridized carbons (Fsp3) is 0.214. The van der Waals surface area contributed by atoms with Gasteiger partial charge in [0.05, 0.1) is 24.5 Å². The van der Waals surface area contributed by atoms with Crippen molar-refractivity contribution < 1.29 is 28.3 Å². The zero-order valence-corrected chi connectivity index (χ0v) is 18.7. The van der Waals surface area contributed by atoms with Gasteiger partial charge in [0, 0.05) is 11.1 Å². The number of benzene rings is 3. The van der Waals surface area contributed by atoms with Gasteiger partial charge in [0.25, 0.3) is 0 Å². The third-order valence-electron chi connectivity index (χ3n) is 7.27. The molecule has 7 heteroatoms. The van der Waals surface area contributed by atoms with E-state index < -0.39 is 52.7 Å². The molecule has 0 N–H and O–H groups in total. The molecule has 0 bridgehead atoms. The van der Waals surface area contributed by atoms with Gasteiger partial charge in [-0.1, -0.05) is 66.2 Å². The first kappa shape index (κ1) is 21.6. The van der Waals surface area contributed by atoms with Gasteiger partial charge in [-0.05, 0) is 30.2 Å². The summed E-state index contributed by atoms with van der Waals surface area (Å²) in [4.78, 5) is 55.9. The molecule has 2 fully saturated rings. The minimum atomic E-state index is -2.09. The second-order valence-corrected chi connectivity index (χ2v) is 9.28. The first-order valence-corrected chi connectivity index (χ1v) is 11.4. The Hall–Kier alpha value is -3.97. The number of carbonyl (C=O) groups is 4. The number of aryl methyl sites for hydroxylation is 1. The lowest BCUT2D eigenvalue weighted by atomic mass is 9.77. The molecular formula is C28H20FNO5. The molecule has 174 valence electrons. The van der Waals surface area contributed by atoms with Gasteiger partial charge < -0.3 is 4.74 Å². The highest BCUT2D eigenvalue weighted by Gasteiger charge is 2.74. The average Bonchev–Trinajstić information content (AvgIpc) is 3.42. The number of ether oxygens (including phenoxy) is 1. The van der Waals surface area contributed by atoms with Crippen LogP contribution < -0.4 is 0 Å². The number of likely N-dealkylation sites (tertiary alicyclic amines) is 1. The van der Waals surface area contributed by atoms with Gasteiger partial charge >= 0.3 is 0 Å². The number of imide groups is 1. The number of hydrogen-bond donors (Lipinski definition) is 0. The topological polar surface area (TPSA) is 80.8 Å². The molecule has 0 saturated carbocycles. The van der Waals surface area contributed by atoms with Crippen molar-refractivity contribution in [3.8, 4) is 0 Å². The van der Waals surface area contributed by atoms with E-state index in [2.05, 4.69) is 0 Å². The summed E-state index contributed by atoms with van der Waals surface area (Å²) in [5.41, 5.74) is 0.459.